The van der Waals surface area contributed by atoms with Gasteiger partial charge in [-0.3, -0.25) is 15.1 Å². The lowest BCUT2D eigenvalue weighted by Gasteiger charge is -2.43. The van der Waals surface area contributed by atoms with Crippen molar-refractivity contribution < 1.29 is 0 Å². The van der Waals surface area contributed by atoms with Crippen molar-refractivity contribution in [3.8, 4) is 6.07 Å². The van der Waals surface area contributed by atoms with Crippen molar-refractivity contribution in [2.75, 3.05) is 32.7 Å². The maximum absolute atomic E-state index is 9.32. The average molecular weight is 264 g/mol. The van der Waals surface area contributed by atoms with E-state index in [-0.39, 0.29) is 5.54 Å². The van der Waals surface area contributed by atoms with Crippen molar-refractivity contribution in [1.29, 1.82) is 5.26 Å². The molecule has 1 N–H and O–H groups in total. The summed E-state index contributed by atoms with van der Waals surface area (Å²) in [5.74, 6) is 0. The zero-order valence-corrected chi connectivity index (χ0v) is 12.7. The first-order chi connectivity index (χ1) is 9.08. The van der Waals surface area contributed by atoms with Crippen LogP contribution in [0.4, 0.5) is 0 Å². The Morgan fingerprint density at radius 3 is 2.89 bits per heavy atom. The second-order valence-corrected chi connectivity index (χ2v) is 6.36. The van der Waals surface area contributed by atoms with Crippen LogP contribution in [0.2, 0.25) is 0 Å². The van der Waals surface area contributed by atoms with Crippen LogP contribution in [0.1, 0.15) is 40.0 Å². The molecule has 4 nitrogen and oxygen atoms in total. The van der Waals surface area contributed by atoms with Gasteiger partial charge in [0.25, 0.3) is 0 Å². The Bertz CT molecular complexity index is 338. The Morgan fingerprint density at radius 1 is 1.42 bits per heavy atom. The summed E-state index contributed by atoms with van der Waals surface area (Å²) in [5.41, 5.74) is -0.374. The van der Waals surface area contributed by atoms with Crippen molar-refractivity contribution in [3.63, 3.8) is 0 Å². The first-order valence-electron chi connectivity index (χ1n) is 7.72. The second-order valence-electron chi connectivity index (χ2n) is 6.36. The van der Waals surface area contributed by atoms with E-state index in [1.165, 1.54) is 32.5 Å². The van der Waals surface area contributed by atoms with Crippen LogP contribution in [0.15, 0.2) is 0 Å². The van der Waals surface area contributed by atoms with Gasteiger partial charge >= 0.3 is 0 Å². The van der Waals surface area contributed by atoms with Crippen LogP contribution < -0.4 is 5.32 Å². The average Bonchev–Trinajstić information content (AvgIpc) is 2.83. The smallest absolute Gasteiger partial charge is 0.105 e. The molecule has 3 unspecified atom stereocenters. The molecular weight excluding hydrogens is 236 g/mol. The molecule has 0 aromatic heterocycles. The molecule has 2 fully saturated rings. The van der Waals surface area contributed by atoms with E-state index in [9.17, 15) is 5.26 Å². The molecule has 0 radical (unpaired) electrons. The predicted octanol–water partition coefficient (Wildman–Crippen LogP) is 1.44. The summed E-state index contributed by atoms with van der Waals surface area (Å²) < 4.78 is 0. The van der Waals surface area contributed by atoms with Gasteiger partial charge in [-0.05, 0) is 46.2 Å². The predicted molar refractivity (Wildman–Crippen MR) is 77.9 cm³/mol. The molecule has 0 amide bonds. The largest absolute Gasteiger partial charge is 0.300 e. The first kappa shape index (κ1) is 14.8. The first-order valence-corrected chi connectivity index (χ1v) is 7.72. The molecule has 2 aliphatic heterocycles. The molecule has 2 heterocycles. The SMILES string of the molecule is CCNC(C)(C#N)CCN1CC2CCCN2CC1C. The quantitative estimate of drug-likeness (QED) is 0.816. The molecule has 2 rings (SSSR count). The number of fused-ring (bicyclic) bond motifs is 1. The number of nitrogens with one attached hydrogen (secondary N) is 1. The fourth-order valence-corrected chi connectivity index (χ4v) is 3.50. The lowest BCUT2D eigenvalue weighted by atomic mass is 9.98. The van der Waals surface area contributed by atoms with E-state index in [1.54, 1.807) is 0 Å². The zero-order chi connectivity index (χ0) is 13.9. The summed E-state index contributed by atoms with van der Waals surface area (Å²) in [5, 5.41) is 12.6. The molecule has 0 bridgehead atoms. The van der Waals surface area contributed by atoms with Gasteiger partial charge in [-0.1, -0.05) is 6.92 Å². The molecule has 19 heavy (non-hydrogen) atoms. The molecule has 4 heteroatoms. The lowest BCUT2D eigenvalue weighted by Crippen LogP contribution is -2.56. The number of piperazine rings is 1. The van der Waals surface area contributed by atoms with Crippen molar-refractivity contribution in [2.45, 2.75) is 57.7 Å². The van der Waals surface area contributed by atoms with Crippen molar-refractivity contribution >= 4 is 0 Å². The van der Waals surface area contributed by atoms with Crippen molar-refractivity contribution in [3.05, 3.63) is 0 Å². The highest BCUT2D eigenvalue weighted by atomic mass is 15.3. The molecular formula is C15H28N4. The Labute approximate surface area is 117 Å². The zero-order valence-electron chi connectivity index (χ0n) is 12.7. The summed E-state index contributed by atoms with van der Waals surface area (Å²) in [6.07, 6.45) is 3.62. The van der Waals surface area contributed by atoms with E-state index < -0.39 is 0 Å². The molecule has 2 saturated heterocycles. The van der Waals surface area contributed by atoms with Crippen LogP contribution in [0.5, 0.6) is 0 Å². The minimum atomic E-state index is -0.374. The molecule has 0 aromatic rings. The molecule has 2 aliphatic rings. The minimum Gasteiger partial charge on any atom is -0.300 e. The van der Waals surface area contributed by atoms with Gasteiger partial charge in [0.1, 0.15) is 5.54 Å². The third-order valence-electron chi connectivity index (χ3n) is 4.78. The van der Waals surface area contributed by atoms with E-state index >= 15 is 0 Å². The molecule has 108 valence electrons. The van der Waals surface area contributed by atoms with Gasteiger partial charge in [-0.15, -0.1) is 0 Å². The topological polar surface area (TPSA) is 42.3 Å². The number of rotatable bonds is 5. The third kappa shape index (κ3) is 3.47. The van der Waals surface area contributed by atoms with Crippen LogP contribution in [0, 0.1) is 11.3 Å². The summed E-state index contributed by atoms with van der Waals surface area (Å²) in [6, 6.07) is 3.82. The third-order valence-corrected chi connectivity index (χ3v) is 4.78. The highest BCUT2D eigenvalue weighted by Crippen LogP contribution is 2.25. The minimum absolute atomic E-state index is 0.374. The number of nitrogens with zero attached hydrogens (tertiary/aromatic N) is 3. The van der Waals surface area contributed by atoms with E-state index in [1.807, 2.05) is 6.92 Å². The van der Waals surface area contributed by atoms with E-state index in [0.717, 1.165) is 25.6 Å². The van der Waals surface area contributed by atoms with Gasteiger partial charge in [0.2, 0.25) is 0 Å². The normalized spacial score (nSPS) is 31.7. The maximum Gasteiger partial charge on any atom is 0.105 e. The molecule has 3 atom stereocenters. The van der Waals surface area contributed by atoms with Gasteiger partial charge in [-0.25, -0.2) is 0 Å². The summed E-state index contributed by atoms with van der Waals surface area (Å²) in [7, 11) is 0. The number of hydrogen-bond acceptors (Lipinski definition) is 4. The van der Waals surface area contributed by atoms with Crippen LogP contribution in [0.3, 0.4) is 0 Å². The summed E-state index contributed by atoms with van der Waals surface area (Å²) in [6.45, 7) is 12.0. The Morgan fingerprint density at radius 2 is 2.21 bits per heavy atom. The lowest BCUT2D eigenvalue weighted by molar-refractivity contribution is 0.0552. The molecule has 0 aromatic carbocycles. The number of nitriles is 1. The maximum atomic E-state index is 9.32. The van der Waals surface area contributed by atoms with Gasteiger partial charge in [-0.2, -0.15) is 5.26 Å². The summed E-state index contributed by atoms with van der Waals surface area (Å²) in [4.78, 5) is 5.23. The van der Waals surface area contributed by atoms with Gasteiger partial charge in [0.15, 0.2) is 0 Å². The van der Waals surface area contributed by atoms with Gasteiger partial charge in [0, 0.05) is 31.7 Å². The van der Waals surface area contributed by atoms with Crippen LogP contribution in [0.25, 0.3) is 0 Å². The molecule has 0 saturated carbocycles. The molecule has 0 aliphatic carbocycles. The van der Waals surface area contributed by atoms with Crippen molar-refractivity contribution in [2.24, 2.45) is 0 Å². The molecule has 0 spiro atoms. The Hall–Kier alpha value is -0.630. The van der Waals surface area contributed by atoms with Gasteiger partial charge < -0.3 is 0 Å². The Kier molecular flexibility index (Phi) is 4.83. The summed E-state index contributed by atoms with van der Waals surface area (Å²) >= 11 is 0. The highest BCUT2D eigenvalue weighted by molar-refractivity contribution is 5.04. The van der Waals surface area contributed by atoms with Crippen LogP contribution in [-0.4, -0.2) is 60.1 Å². The van der Waals surface area contributed by atoms with E-state index in [2.05, 4.69) is 35.0 Å². The van der Waals surface area contributed by atoms with E-state index in [0.29, 0.717) is 6.04 Å². The van der Waals surface area contributed by atoms with Crippen molar-refractivity contribution in [1.82, 2.24) is 15.1 Å². The van der Waals surface area contributed by atoms with E-state index in [4.69, 9.17) is 0 Å². The fourth-order valence-electron chi connectivity index (χ4n) is 3.50. The van der Waals surface area contributed by atoms with Crippen LogP contribution >= 0.6 is 0 Å². The fraction of sp³-hybridized carbons (Fsp3) is 0.933. The highest BCUT2D eigenvalue weighted by Gasteiger charge is 2.35. The monoisotopic (exact) mass is 264 g/mol. The standard InChI is InChI=1S/C15H28N4/c1-4-17-15(3,12-16)7-9-18-11-14-6-5-8-19(14)10-13(18)2/h13-14,17H,4-11H2,1-3H3. The van der Waals surface area contributed by atoms with Crippen LogP contribution in [-0.2, 0) is 0 Å². The second kappa shape index (κ2) is 6.21. The Balaban J connectivity index is 1.87. The van der Waals surface area contributed by atoms with Gasteiger partial charge in [0.05, 0.1) is 6.07 Å². The number of hydrogen-bond donors (Lipinski definition) is 1.